The van der Waals surface area contributed by atoms with E-state index in [4.69, 9.17) is 10.5 Å². The van der Waals surface area contributed by atoms with E-state index >= 15 is 0 Å². The number of ether oxygens (including phenoxy) is 1. The zero-order valence-electron chi connectivity index (χ0n) is 12.2. The molecule has 2 N–H and O–H groups in total. The predicted octanol–water partition coefficient (Wildman–Crippen LogP) is 0.836. The van der Waals surface area contributed by atoms with Crippen molar-refractivity contribution in [3.8, 4) is 0 Å². The first-order valence-electron chi connectivity index (χ1n) is 7.69. The minimum Gasteiger partial charge on any atom is -0.379 e. The van der Waals surface area contributed by atoms with Gasteiger partial charge in [-0.25, -0.2) is 0 Å². The van der Waals surface area contributed by atoms with Gasteiger partial charge in [0.2, 0.25) is 0 Å². The van der Waals surface area contributed by atoms with Crippen LogP contribution in [0.15, 0.2) is 18.2 Å². The maximum absolute atomic E-state index is 5.87. The molecule has 0 amide bonds. The van der Waals surface area contributed by atoms with Gasteiger partial charge in [0, 0.05) is 45.8 Å². The number of hydrogen-bond donors (Lipinski definition) is 1. The molecule has 0 aliphatic carbocycles. The van der Waals surface area contributed by atoms with Gasteiger partial charge < -0.3 is 10.5 Å². The molecule has 0 saturated carbocycles. The Morgan fingerprint density at radius 1 is 1.05 bits per heavy atom. The number of morpholine rings is 1. The van der Waals surface area contributed by atoms with Gasteiger partial charge in [-0.1, -0.05) is 18.2 Å². The molecule has 110 valence electrons. The summed E-state index contributed by atoms with van der Waals surface area (Å²) in [6.45, 7) is 9.14. The van der Waals surface area contributed by atoms with Crippen LogP contribution in [0.1, 0.15) is 16.7 Å². The van der Waals surface area contributed by atoms with Gasteiger partial charge in [-0.05, 0) is 23.1 Å². The normalized spacial score (nSPS) is 20.9. The Labute approximate surface area is 121 Å². The highest BCUT2D eigenvalue weighted by molar-refractivity contribution is 5.36. The van der Waals surface area contributed by atoms with Crippen molar-refractivity contribution in [2.75, 3.05) is 45.9 Å². The van der Waals surface area contributed by atoms with E-state index in [0.29, 0.717) is 6.54 Å². The fourth-order valence-corrected chi connectivity index (χ4v) is 3.20. The number of nitrogens with zero attached hydrogens (tertiary/aromatic N) is 2. The van der Waals surface area contributed by atoms with E-state index in [2.05, 4.69) is 28.0 Å². The molecule has 1 aromatic rings. The Hall–Kier alpha value is -0.940. The lowest BCUT2D eigenvalue weighted by Gasteiger charge is -2.33. The number of rotatable bonds is 4. The lowest BCUT2D eigenvalue weighted by atomic mass is 9.95. The van der Waals surface area contributed by atoms with Gasteiger partial charge in [-0.3, -0.25) is 9.80 Å². The zero-order chi connectivity index (χ0) is 13.8. The molecule has 4 heteroatoms. The van der Waals surface area contributed by atoms with Crippen molar-refractivity contribution in [1.82, 2.24) is 9.80 Å². The third kappa shape index (κ3) is 3.20. The van der Waals surface area contributed by atoms with E-state index in [9.17, 15) is 0 Å². The summed E-state index contributed by atoms with van der Waals surface area (Å²) in [5, 5.41) is 0. The summed E-state index contributed by atoms with van der Waals surface area (Å²) in [5.41, 5.74) is 10.2. The zero-order valence-corrected chi connectivity index (χ0v) is 12.2. The van der Waals surface area contributed by atoms with Gasteiger partial charge in [-0.15, -0.1) is 0 Å². The molecule has 1 saturated heterocycles. The third-order valence-corrected chi connectivity index (χ3v) is 4.51. The molecule has 3 rings (SSSR count). The maximum atomic E-state index is 5.87. The Kier molecular flexibility index (Phi) is 4.68. The highest BCUT2D eigenvalue weighted by atomic mass is 16.5. The van der Waals surface area contributed by atoms with Gasteiger partial charge in [0.1, 0.15) is 0 Å². The summed E-state index contributed by atoms with van der Waals surface area (Å²) < 4.78 is 5.40. The quantitative estimate of drug-likeness (QED) is 0.884. The molecule has 2 aliphatic rings. The van der Waals surface area contributed by atoms with E-state index in [1.165, 1.54) is 23.2 Å². The molecule has 2 heterocycles. The molecule has 2 aliphatic heterocycles. The molecule has 0 bridgehead atoms. The Bertz CT molecular complexity index is 429. The van der Waals surface area contributed by atoms with E-state index in [1.54, 1.807) is 0 Å². The monoisotopic (exact) mass is 275 g/mol. The molecule has 1 aromatic carbocycles. The van der Waals surface area contributed by atoms with Crippen LogP contribution in [0.25, 0.3) is 0 Å². The fourth-order valence-electron chi connectivity index (χ4n) is 3.20. The predicted molar refractivity (Wildman–Crippen MR) is 80.6 cm³/mol. The smallest absolute Gasteiger partial charge is 0.0594 e. The summed E-state index contributed by atoms with van der Waals surface area (Å²) in [6, 6.07) is 6.57. The molecule has 0 spiro atoms. The second-order valence-electron chi connectivity index (χ2n) is 5.74. The number of hydrogen-bond acceptors (Lipinski definition) is 4. The topological polar surface area (TPSA) is 41.7 Å². The van der Waals surface area contributed by atoms with Crippen LogP contribution in [0, 0.1) is 0 Å². The summed E-state index contributed by atoms with van der Waals surface area (Å²) in [7, 11) is 0. The Balaban J connectivity index is 1.57. The highest BCUT2D eigenvalue weighted by Gasteiger charge is 2.19. The first kappa shape index (κ1) is 14.0. The van der Waals surface area contributed by atoms with Gasteiger partial charge >= 0.3 is 0 Å². The van der Waals surface area contributed by atoms with Crippen LogP contribution in [0.4, 0.5) is 0 Å². The van der Waals surface area contributed by atoms with Crippen LogP contribution in [-0.4, -0.2) is 55.7 Å². The van der Waals surface area contributed by atoms with Crippen molar-refractivity contribution in [1.29, 1.82) is 0 Å². The fraction of sp³-hybridized carbons (Fsp3) is 0.625. The SMILES string of the molecule is NCc1cccc2c1CN(CCN1CCOCC1)CC2. The standard InChI is InChI=1S/C16H25N3O/c17-12-15-3-1-2-14-4-5-19(13-16(14)15)7-6-18-8-10-20-11-9-18/h1-3H,4-13,17H2. The molecule has 0 aromatic heterocycles. The molecular formula is C16H25N3O. The summed E-state index contributed by atoms with van der Waals surface area (Å²) in [6.07, 6.45) is 1.16. The first-order valence-corrected chi connectivity index (χ1v) is 7.69. The van der Waals surface area contributed by atoms with Crippen molar-refractivity contribution >= 4 is 0 Å². The van der Waals surface area contributed by atoms with Crippen LogP contribution in [-0.2, 0) is 24.2 Å². The Morgan fingerprint density at radius 2 is 1.85 bits per heavy atom. The van der Waals surface area contributed by atoms with Crippen LogP contribution in [0.3, 0.4) is 0 Å². The number of fused-ring (bicyclic) bond motifs is 1. The molecular weight excluding hydrogens is 250 g/mol. The highest BCUT2D eigenvalue weighted by Crippen LogP contribution is 2.22. The van der Waals surface area contributed by atoms with Crippen LogP contribution in [0.2, 0.25) is 0 Å². The third-order valence-electron chi connectivity index (χ3n) is 4.51. The van der Waals surface area contributed by atoms with Crippen LogP contribution in [0.5, 0.6) is 0 Å². The average molecular weight is 275 g/mol. The lowest BCUT2D eigenvalue weighted by Crippen LogP contribution is -2.42. The van der Waals surface area contributed by atoms with Gasteiger partial charge in [-0.2, -0.15) is 0 Å². The van der Waals surface area contributed by atoms with Crippen molar-refractivity contribution in [2.24, 2.45) is 5.73 Å². The average Bonchev–Trinajstić information content (AvgIpc) is 2.53. The van der Waals surface area contributed by atoms with E-state index < -0.39 is 0 Å². The van der Waals surface area contributed by atoms with Crippen LogP contribution < -0.4 is 5.73 Å². The Morgan fingerprint density at radius 3 is 2.65 bits per heavy atom. The number of nitrogens with two attached hydrogens (primary N) is 1. The van der Waals surface area contributed by atoms with E-state index in [1.807, 2.05) is 0 Å². The maximum Gasteiger partial charge on any atom is 0.0594 e. The molecule has 1 fully saturated rings. The summed E-state index contributed by atoms with van der Waals surface area (Å²) in [4.78, 5) is 5.07. The molecule has 0 radical (unpaired) electrons. The summed E-state index contributed by atoms with van der Waals surface area (Å²) >= 11 is 0. The molecule has 20 heavy (non-hydrogen) atoms. The second-order valence-corrected chi connectivity index (χ2v) is 5.74. The van der Waals surface area contributed by atoms with Gasteiger partial charge in [0.15, 0.2) is 0 Å². The second kappa shape index (κ2) is 6.68. The molecule has 0 unspecified atom stereocenters. The molecule has 4 nitrogen and oxygen atoms in total. The van der Waals surface area contributed by atoms with Gasteiger partial charge in [0.25, 0.3) is 0 Å². The van der Waals surface area contributed by atoms with Gasteiger partial charge in [0.05, 0.1) is 13.2 Å². The largest absolute Gasteiger partial charge is 0.379 e. The van der Waals surface area contributed by atoms with Crippen molar-refractivity contribution in [2.45, 2.75) is 19.5 Å². The van der Waals surface area contributed by atoms with Crippen molar-refractivity contribution in [3.63, 3.8) is 0 Å². The lowest BCUT2D eigenvalue weighted by molar-refractivity contribution is 0.0326. The van der Waals surface area contributed by atoms with E-state index in [0.717, 1.165) is 52.4 Å². The van der Waals surface area contributed by atoms with E-state index in [-0.39, 0.29) is 0 Å². The minimum atomic E-state index is 0.653. The minimum absolute atomic E-state index is 0.653. The first-order chi connectivity index (χ1) is 9.86. The van der Waals surface area contributed by atoms with Crippen LogP contribution >= 0.6 is 0 Å². The van der Waals surface area contributed by atoms with Crippen molar-refractivity contribution < 1.29 is 4.74 Å². The number of benzene rings is 1. The molecule has 0 atom stereocenters. The van der Waals surface area contributed by atoms with Crippen molar-refractivity contribution in [3.05, 3.63) is 34.9 Å². The summed E-state index contributed by atoms with van der Waals surface area (Å²) in [5.74, 6) is 0.